The number of carbonyl (C=O) groups is 2. The highest BCUT2D eigenvalue weighted by atomic mass is 79.9. The Bertz CT molecular complexity index is 428. The molecule has 0 aliphatic carbocycles. The van der Waals surface area contributed by atoms with Crippen LogP contribution in [-0.4, -0.2) is 35.0 Å². The Morgan fingerprint density at radius 2 is 2.28 bits per heavy atom. The van der Waals surface area contributed by atoms with E-state index in [1.54, 1.807) is 17.8 Å². The summed E-state index contributed by atoms with van der Waals surface area (Å²) in [4.78, 5) is 23.4. The SMILES string of the molecule is CSCC[C@H](NC(=O)c1cc(C)c(Br)s1)C(=O)O. The number of aliphatic carboxylic acids is 1. The Hall–Kier alpha value is -0.530. The molecule has 1 rings (SSSR count). The zero-order valence-electron chi connectivity index (χ0n) is 10.0. The largest absolute Gasteiger partial charge is 0.480 e. The number of carboxylic acid groups (broad SMARTS) is 1. The van der Waals surface area contributed by atoms with Crippen LogP contribution in [0, 0.1) is 6.92 Å². The molecule has 0 aliphatic rings. The maximum absolute atomic E-state index is 11.9. The number of hydrogen-bond acceptors (Lipinski definition) is 4. The van der Waals surface area contributed by atoms with Crippen molar-refractivity contribution in [3.63, 3.8) is 0 Å². The Labute approximate surface area is 122 Å². The number of thioether (sulfide) groups is 1. The van der Waals surface area contributed by atoms with Crippen LogP contribution < -0.4 is 5.32 Å². The van der Waals surface area contributed by atoms with E-state index in [1.165, 1.54) is 11.3 Å². The summed E-state index contributed by atoms with van der Waals surface area (Å²) in [5, 5.41) is 11.6. The monoisotopic (exact) mass is 351 g/mol. The zero-order valence-corrected chi connectivity index (χ0v) is 13.2. The van der Waals surface area contributed by atoms with Gasteiger partial charge in [-0.2, -0.15) is 11.8 Å². The van der Waals surface area contributed by atoms with Gasteiger partial charge in [0.25, 0.3) is 5.91 Å². The van der Waals surface area contributed by atoms with Crippen molar-refractivity contribution < 1.29 is 14.7 Å². The molecule has 4 nitrogen and oxygen atoms in total. The number of thiophene rings is 1. The number of amides is 1. The number of nitrogens with one attached hydrogen (secondary N) is 1. The van der Waals surface area contributed by atoms with Gasteiger partial charge in [-0.05, 0) is 52.9 Å². The molecule has 100 valence electrons. The third-order valence-corrected chi connectivity index (χ3v) is 5.07. The molecule has 1 atom stereocenters. The van der Waals surface area contributed by atoms with E-state index in [-0.39, 0.29) is 5.91 Å². The fourth-order valence-corrected chi connectivity index (χ4v) is 3.20. The van der Waals surface area contributed by atoms with Crippen molar-refractivity contribution in [2.75, 3.05) is 12.0 Å². The van der Waals surface area contributed by atoms with E-state index in [9.17, 15) is 9.59 Å². The average Bonchev–Trinajstić information content (AvgIpc) is 2.64. The van der Waals surface area contributed by atoms with Gasteiger partial charge in [0.05, 0.1) is 8.66 Å². The van der Waals surface area contributed by atoms with Gasteiger partial charge in [-0.3, -0.25) is 4.79 Å². The Morgan fingerprint density at radius 3 is 2.72 bits per heavy atom. The molecule has 7 heteroatoms. The number of carbonyl (C=O) groups excluding carboxylic acids is 1. The highest BCUT2D eigenvalue weighted by molar-refractivity contribution is 9.11. The molecule has 0 aromatic carbocycles. The first kappa shape index (κ1) is 15.5. The molecule has 0 unspecified atom stereocenters. The van der Waals surface area contributed by atoms with Crippen molar-refractivity contribution in [2.45, 2.75) is 19.4 Å². The van der Waals surface area contributed by atoms with E-state index in [2.05, 4.69) is 21.2 Å². The van der Waals surface area contributed by atoms with Crippen molar-refractivity contribution in [1.82, 2.24) is 5.32 Å². The first-order valence-corrected chi connectivity index (χ1v) is 8.24. The summed E-state index contributed by atoms with van der Waals surface area (Å²) in [6, 6.07) is 0.920. The van der Waals surface area contributed by atoms with E-state index < -0.39 is 12.0 Å². The maximum Gasteiger partial charge on any atom is 0.326 e. The second kappa shape index (κ2) is 7.16. The normalized spacial score (nSPS) is 12.2. The lowest BCUT2D eigenvalue weighted by Gasteiger charge is -2.12. The molecule has 0 saturated heterocycles. The van der Waals surface area contributed by atoms with Gasteiger partial charge in [0.15, 0.2) is 0 Å². The van der Waals surface area contributed by atoms with Crippen LogP contribution in [0.25, 0.3) is 0 Å². The van der Waals surface area contributed by atoms with E-state index >= 15 is 0 Å². The smallest absolute Gasteiger partial charge is 0.326 e. The van der Waals surface area contributed by atoms with Crippen LogP contribution in [0.1, 0.15) is 21.7 Å². The summed E-state index contributed by atoms with van der Waals surface area (Å²) in [5.41, 5.74) is 0.973. The van der Waals surface area contributed by atoms with Crippen molar-refractivity contribution in [2.24, 2.45) is 0 Å². The molecule has 0 aliphatic heterocycles. The van der Waals surface area contributed by atoms with Gasteiger partial charge in [-0.15, -0.1) is 11.3 Å². The molecule has 0 fully saturated rings. The third kappa shape index (κ3) is 4.29. The quantitative estimate of drug-likeness (QED) is 0.826. The molecule has 0 saturated carbocycles. The lowest BCUT2D eigenvalue weighted by Crippen LogP contribution is -2.40. The van der Waals surface area contributed by atoms with Gasteiger partial charge >= 0.3 is 5.97 Å². The summed E-state index contributed by atoms with van der Waals surface area (Å²) in [6.07, 6.45) is 2.33. The van der Waals surface area contributed by atoms with Gasteiger partial charge in [-0.25, -0.2) is 4.79 Å². The minimum atomic E-state index is -0.996. The van der Waals surface area contributed by atoms with Crippen LogP contribution >= 0.6 is 39.0 Å². The molecule has 2 N–H and O–H groups in total. The van der Waals surface area contributed by atoms with Crippen LogP contribution in [0.2, 0.25) is 0 Å². The summed E-state index contributed by atoms with van der Waals surface area (Å²) >= 11 is 6.20. The molecule has 1 amide bonds. The summed E-state index contributed by atoms with van der Waals surface area (Å²) in [5.74, 6) is -0.628. The molecule has 1 heterocycles. The number of carboxylic acids is 1. The number of rotatable bonds is 6. The predicted molar refractivity (Wildman–Crippen MR) is 78.6 cm³/mol. The summed E-state index contributed by atoms with van der Waals surface area (Å²) in [7, 11) is 0. The fraction of sp³-hybridized carbons (Fsp3) is 0.455. The third-order valence-electron chi connectivity index (χ3n) is 2.30. The minimum absolute atomic E-state index is 0.331. The zero-order chi connectivity index (χ0) is 13.7. The van der Waals surface area contributed by atoms with Crippen molar-refractivity contribution in [3.8, 4) is 0 Å². The van der Waals surface area contributed by atoms with E-state index in [0.717, 1.165) is 9.35 Å². The van der Waals surface area contributed by atoms with Crippen molar-refractivity contribution >= 4 is 50.9 Å². The van der Waals surface area contributed by atoms with E-state index in [1.807, 2.05) is 13.2 Å². The van der Waals surface area contributed by atoms with Gasteiger partial charge < -0.3 is 10.4 Å². The standard InChI is InChI=1S/C11H14BrNO3S2/c1-6-5-8(18-9(6)12)10(14)13-7(11(15)16)3-4-17-2/h5,7H,3-4H2,1-2H3,(H,13,14)(H,15,16)/t7-/m0/s1. The molecule has 1 aromatic rings. The Morgan fingerprint density at radius 1 is 1.61 bits per heavy atom. The molecule has 1 aromatic heterocycles. The lowest BCUT2D eigenvalue weighted by atomic mass is 10.2. The predicted octanol–water partition coefficient (Wildman–Crippen LogP) is 2.76. The highest BCUT2D eigenvalue weighted by Crippen LogP contribution is 2.27. The Kier molecular flexibility index (Phi) is 6.17. The minimum Gasteiger partial charge on any atom is -0.480 e. The van der Waals surface area contributed by atoms with E-state index in [4.69, 9.17) is 5.11 Å². The number of hydrogen-bond donors (Lipinski definition) is 2. The average molecular weight is 352 g/mol. The molecular formula is C11H14BrNO3S2. The highest BCUT2D eigenvalue weighted by Gasteiger charge is 2.21. The first-order valence-electron chi connectivity index (χ1n) is 5.24. The number of aryl methyl sites for hydroxylation is 1. The molecule has 0 bridgehead atoms. The van der Waals surface area contributed by atoms with E-state index in [0.29, 0.717) is 17.1 Å². The molecule has 0 spiro atoms. The molecule has 0 radical (unpaired) electrons. The summed E-state index contributed by atoms with van der Waals surface area (Å²) < 4.78 is 0.892. The van der Waals surface area contributed by atoms with Crippen LogP contribution in [0.4, 0.5) is 0 Å². The Balaban J connectivity index is 2.69. The van der Waals surface area contributed by atoms with Crippen LogP contribution in [0.5, 0.6) is 0 Å². The van der Waals surface area contributed by atoms with Gasteiger partial charge in [0.2, 0.25) is 0 Å². The second-order valence-corrected chi connectivity index (χ2v) is 7.07. The lowest BCUT2D eigenvalue weighted by molar-refractivity contribution is -0.139. The van der Waals surface area contributed by atoms with Gasteiger partial charge in [0.1, 0.15) is 6.04 Å². The number of halogens is 1. The maximum atomic E-state index is 11.9. The van der Waals surface area contributed by atoms with Crippen molar-refractivity contribution in [3.05, 3.63) is 20.3 Å². The summed E-state index contributed by atoms with van der Waals surface area (Å²) in [6.45, 7) is 1.89. The van der Waals surface area contributed by atoms with Gasteiger partial charge in [-0.1, -0.05) is 0 Å². The fourth-order valence-electron chi connectivity index (χ4n) is 1.29. The molecule has 18 heavy (non-hydrogen) atoms. The van der Waals surface area contributed by atoms with Crippen LogP contribution in [0.15, 0.2) is 9.85 Å². The van der Waals surface area contributed by atoms with Crippen LogP contribution in [-0.2, 0) is 4.79 Å². The van der Waals surface area contributed by atoms with Crippen LogP contribution in [0.3, 0.4) is 0 Å². The topological polar surface area (TPSA) is 66.4 Å². The van der Waals surface area contributed by atoms with Crippen molar-refractivity contribution in [1.29, 1.82) is 0 Å². The first-order chi connectivity index (χ1) is 8.45. The second-order valence-electron chi connectivity index (χ2n) is 3.71. The van der Waals surface area contributed by atoms with Gasteiger partial charge in [0, 0.05) is 0 Å². The molecular weight excluding hydrogens is 338 g/mol.